The summed E-state index contributed by atoms with van der Waals surface area (Å²) in [5.41, 5.74) is 1.08. The number of morpholine rings is 1. The number of anilines is 1. The fourth-order valence-corrected chi connectivity index (χ4v) is 2.37. The number of ketones is 1. The molecule has 4 heteroatoms. The minimum Gasteiger partial charge on any atom is -0.379 e. The fraction of sp³-hybridized carbons (Fsp3) is 0.562. The van der Waals surface area contributed by atoms with Gasteiger partial charge in [-0.15, -0.1) is 0 Å². The van der Waals surface area contributed by atoms with E-state index >= 15 is 0 Å². The zero-order valence-corrected chi connectivity index (χ0v) is 12.3. The number of benzene rings is 1. The molecule has 4 nitrogen and oxygen atoms in total. The van der Waals surface area contributed by atoms with Gasteiger partial charge in [0.05, 0.1) is 25.4 Å². The Labute approximate surface area is 121 Å². The van der Waals surface area contributed by atoms with Gasteiger partial charge >= 0.3 is 0 Å². The lowest BCUT2D eigenvalue weighted by Gasteiger charge is -2.38. The molecule has 20 heavy (non-hydrogen) atoms. The summed E-state index contributed by atoms with van der Waals surface area (Å²) in [6, 6.07) is 10.1. The summed E-state index contributed by atoms with van der Waals surface area (Å²) in [4.78, 5) is 12.1. The first-order valence-corrected chi connectivity index (χ1v) is 7.48. The van der Waals surface area contributed by atoms with Crippen molar-refractivity contribution < 1.29 is 9.53 Å². The van der Waals surface area contributed by atoms with Gasteiger partial charge in [0.25, 0.3) is 0 Å². The standard InChI is InChI=1S/C16H24N2O2/c1-2-3-9-16(19)14-18(15-7-5-4-6-8-15)17-10-12-20-13-11-17/h4-8H,2-3,9-14H2,1H3. The highest BCUT2D eigenvalue weighted by Crippen LogP contribution is 2.17. The Morgan fingerprint density at radius 1 is 1.25 bits per heavy atom. The lowest BCUT2D eigenvalue weighted by atomic mass is 10.2. The van der Waals surface area contributed by atoms with E-state index in [2.05, 4.69) is 29.1 Å². The summed E-state index contributed by atoms with van der Waals surface area (Å²) in [6.07, 6.45) is 2.71. The largest absolute Gasteiger partial charge is 0.379 e. The molecule has 0 amide bonds. The lowest BCUT2D eigenvalue weighted by Crippen LogP contribution is -2.51. The molecule has 1 aromatic rings. The van der Waals surface area contributed by atoms with Crippen LogP contribution in [0.5, 0.6) is 0 Å². The minimum atomic E-state index is 0.308. The number of hydrazine groups is 1. The number of Topliss-reactive ketones (excluding diaryl/α,β-unsaturated/α-hetero) is 1. The number of rotatable bonds is 7. The van der Waals surface area contributed by atoms with Crippen LogP contribution < -0.4 is 5.01 Å². The zero-order chi connectivity index (χ0) is 14.2. The first-order valence-electron chi connectivity index (χ1n) is 7.48. The van der Waals surface area contributed by atoms with Crippen molar-refractivity contribution in [2.75, 3.05) is 37.9 Å². The summed E-state index contributed by atoms with van der Waals surface area (Å²) in [7, 11) is 0. The molecule has 0 bridgehead atoms. The van der Waals surface area contributed by atoms with Gasteiger partial charge in [-0.05, 0) is 18.6 Å². The molecule has 1 aliphatic rings. The van der Waals surface area contributed by atoms with Crippen LogP contribution in [0.1, 0.15) is 26.2 Å². The highest BCUT2D eigenvalue weighted by molar-refractivity contribution is 5.83. The molecule has 0 unspecified atom stereocenters. The summed E-state index contributed by atoms with van der Waals surface area (Å²) >= 11 is 0. The van der Waals surface area contributed by atoms with E-state index in [9.17, 15) is 4.79 Å². The first-order chi connectivity index (χ1) is 9.81. The Morgan fingerprint density at radius 2 is 1.95 bits per heavy atom. The van der Waals surface area contributed by atoms with Crippen molar-refractivity contribution in [2.24, 2.45) is 0 Å². The molecule has 0 aliphatic carbocycles. The van der Waals surface area contributed by atoms with Crippen molar-refractivity contribution in [1.82, 2.24) is 5.01 Å². The van der Waals surface area contributed by atoms with Crippen molar-refractivity contribution >= 4 is 11.5 Å². The second kappa shape index (κ2) is 8.02. The third-order valence-electron chi connectivity index (χ3n) is 3.52. The predicted molar refractivity (Wildman–Crippen MR) is 80.7 cm³/mol. The third kappa shape index (κ3) is 4.32. The van der Waals surface area contributed by atoms with E-state index < -0.39 is 0 Å². The molecule has 0 N–H and O–H groups in total. The summed E-state index contributed by atoms with van der Waals surface area (Å²) in [5, 5.41) is 4.34. The van der Waals surface area contributed by atoms with Gasteiger partial charge in [-0.25, -0.2) is 5.01 Å². The monoisotopic (exact) mass is 276 g/mol. The summed E-state index contributed by atoms with van der Waals surface area (Å²) in [6.45, 7) is 5.72. The predicted octanol–water partition coefficient (Wildman–Crippen LogP) is 2.50. The van der Waals surface area contributed by atoms with Crippen LogP contribution in [-0.4, -0.2) is 43.6 Å². The van der Waals surface area contributed by atoms with Crippen LogP contribution in [0.3, 0.4) is 0 Å². The Morgan fingerprint density at radius 3 is 2.60 bits per heavy atom. The molecular weight excluding hydrogens is 252 g/mol. The molecule has 2 rings (SSSR count). The number of carbonyl (C=O) groups excluding carboxylic acids is 1. The Kier molecular flexibility index (Phi) is 6.02. The normalized spacial score (nSPS) is 16.1. The van der Waals surface area contributed by atoms with Crippen LogP contribution in [0.15, 0.2) is 30.3 Å². The number of hydrogen-bond donors (Lipinski definition) is 0. The molecule has 0 saturated carbocycles. The van der Waals surface area contributed by atoms with Crippen molar-refractivity contribution in [1.29, 1.82) is 0 Å². The van der Waals surface area contributed by atoms with E-state index in [1.54, 1.807) is 0 Å². The topological polar surface area (TPSA) is 32.8 Å². The van der Waals surface area contributed by atoms with Gasteiger partial charge in [0.2, 0.25) is 0 Å². The number of hydrogen-bond acceptors (Lipinski definition) is 4. The number of para-hydroxylation sites is 1. The highest BCUT2D eigenvalue weighted by Gasteiger charge is 2.21. The third-order valence-corrected chi connectivity index (χ3v) is 3.52. The number of ether oxygens (including phenoxy) is 1. The molecule has 1 aromatic carbocycles. The van der Waals surface area contributed by atoms with Crippen LogP contribution in [0, 0.1) is 0 Å². The van der Waals surface area contributed by atoms with E-state index in [4.69, 9.17) is 4.74 Å². The average Bonchev–Trinajstić information content (AvgIpc) is 2.52. The lowest BCUT2D eigenvalue weighted by molar-refractivity contribution is -0.118. The van der Waals surface area contributed by atoms with E-state index in [1.165, 1.54) is 0 Å². The highest BCUT2D eigenvalue weighted by atomic mass is 16.5. The maximum atomic E-state index is 12.1. The molecule has 1 fully saturated rings. The number of carbonyl (C=O) groups is 1. The number of unbranched alkanes of at least 4 members (excludes halogenated alkanes) is 1. The zero-order valence-electron chi connectivity index (χ0n) is 12.3. The van der Waals surface area contributed by atoms with E-state index in [0.29, 0.717) is 18.7 Å². The minimum absolute atomic E-state index is 0.308. The van der Waals surface area contributed by atoms with E-state index in [1.807, 2.05) is 18.2 Å². The molecule has 0 spiro atoms. The summed E-state index contributed by atoms with van der Waals surface area (Å²) < 4.78 is 5.40. The quantitative estimate of drug-likeness (QED) is 0.766. The van der Waals surface area contributed by atoms with Gasteiger partial charge in [0.1, 0.15) is 0 Å². The smallest absolute Gasteiger partial charge is 0.153 e. The Balaban J connectivity index is 2.05. The molecule has 1 heterocycles. The Bertz CT molecular complexity index is 402. The van der Waals surface area contributed by atoms with Crippen LogP contribution in [-0.2, 0) is 9.53 Å². The molecule has 1 aliphatic heterocycles. The van der Waals surface area contributed by atoms with Gasteiger partial charge in [-0.2, -0.15) is 0 Å². The summed E-state index contributed by atoms with van der Waals surface area (Å²) in [5.74, 6) is 0.308. The van der Waals surface area contributed by atoms with Crippen molar-refractivity contribution in [3.05, 3.63) is 30.3 Å². The molecule has 0 atom stereocenters. The molecule has 1 saturated heterocycles. The molecule has 110 valence electrons. The van der Waals surface area contributed by atoms with Crippen molar-refractivity contribution in [3.8, 4) is 0 Å². The molecule has 0 aromatic heterocycles. The average molecular weight is 276 g/mol. The van der Waals surface area contributed by atoms with Gasteiger partial charge in [0.15, 0.2) is 5.78 Å². The van der Waals surface area contributed by atoms with E-state index in [-0.39, 0.29) is 0 Å². The van der Waals surface area contributed by atoms with Crippen LogP contribution in [0.2, 0.25) is 0 Å². The SMILES string of the molecule is CCCCC(=O)CN(c1ccccc1)N1CCOCC1. The Hall–Kier alpha value is -1.39. The second-order valence-electron chi connectivity index (χ2n) is 5.10. The van der Waals surface area contributed by atoms with Crippen LogP contribution in [0.4, 0.5) is 5.69 Å². The maximum Gasteiger partial charge on any atom is 0.153 e. The number of nitrogens with zero attached hydrogens (tertiary/aromatic N) is 2. The first kappa shape index (κ1) is 15.0. The van der Waals surface area contributed by atoms with Gasteiger partial charge in [0, 0.05) is 19.5 Å². The van der Waals surface area contributed by atoms with Crippen molar-refractivity contribution in [3.63, 3.8) is 0 Å². The van der Waals surface area contributed by atoms with Gasteiger partial charge in [-0.1, -0.05) is 31.5 Å². The molecular formula is C16H24N2O2. The molecule has 0 radical (unpaired) electrons. The fourth-order valence-electron chi connectivity index (χ4n) is 2.37. The van der Waals surface area contributed by atoms with Crippen LogP contribution in [0.25, 0.3) is 0 Å². The van der Waals surface area contributed by atoms with Gasteiger partial charge in [-0.3, -0.25) is 9.80 Å². The van der Waals surface area contributed by atoms with E-state index in [0.717, 1.165) is 44.8 Å². The van der Waals surface area contributed by atoms with Gasteiger partial charge < -0.3 is 4.74 Å². The van der Waals surface area contributed by atoms with Crippen molar-refractivity contribution in [2.45, 2.75) is 26.2 Å². The maximum absolute atomic E-state index is 12.1. The second-order valence-corrected chi connectivity index (χ2v) is 5.10. The van der Waals surface area contributed by atoms with Crippen LogP contribution >= 0.6 is 0 Å².